The first-order chi connectivity index (χ1) is 6.90. The predicted octanol–water partition coefficient (Wildman–Crippen LogP) is 0.418. The van der Waals surface area contributed by atoms with Crippen LogP contribution in [0.1, 0.15) is 31.1 Å². The van der Waals surface area contributed by atoms with Crippen LogP contribution in [0.3, 0.4) is 0 Å². The first-order valence-corrected chi connectivity index (χ1v) is 5.13. The van der Waals surface area contributed by atoms with Crippen molar-refractivity contribution >= 4 is 0 Å². The van der Waals surface area contributed by atoms with Gasteiger partial charge < -0.3 is 10.1 Å². The zero-order chi connectivity index (χ0) is 9.80. The van der Waals surface area contributed by atoms with Gasteiger partial charge in [-0.2, -0.15) is 5.10 Å². The molecule has 2 heterocycles. The molecule has 2 rings (SSSR count). The molecule has 1 saturated heterocycles. The summed E-state index contributed by atoms with van der Waals surface area (Å²) in [5, 5.41) is 10.3. The molecule has 0 aromatic carbocycles. The van der Waals surface area contributed by atoms with Crippen molar-refractivity contribution in [1.29, 1.82) is 0 Å². The Morgan fingerprint density at radius 1 is 1.57 bits per heavy atom. The largest absolute Gasteiger partial charge is 0.367 e. The minimum absolute atomic E-state index is 0.0191. The van der Waals surface area contributed by atoms with Gasteiger partial charge >= 0.3 is 0 Å². The Morgan fingerprint density at radius 3 is 3.21 bits per heavy atom. The second-order valence-corrected chi connectivity index (χ2v) is 3.45. The van der Waals surface area contributed by atoms with E-state index in [1.807, 2.05) is 0 Å². The van der Waals surface area contributed by atoms with E-state index in [2.05, 4.69) is 27.4 Å². The molecule has 5 heteroatoms. The summed E-state index contributed by atoms with van der Waals surface area (Å²) in [6.07, 6.45) is 2.05. The molecule has 14 heavy (non-hydrogen) atoms. The van der Waals surface area contributed by atoms with E-state index in [0.29, 0.717) is 0 Å². The van der Waals surface area contributed by atoms with Gasteiger partial charge in [0.15, 0.2) is 5.82 Å². The number of nitrogens with zero attached hydrogens (tertiary/aromatic N) is 2. The van der Waals surface area contributed by atoms with Gasteiger partial charge in [-0.25, -0.2) is 4.98 Å². The van der Waals surface area contributed by atoms with Crippen LogP contribution in [0.5, 0.6) is 0 Å². The van der Waals surface area contributed by atoms with Gasteiger partial charge in [-0.3, -0.25) is 5.10 Å². The van der Waals surface area contributed by atoms with E-state index in [9.17, 15) is 0 Å². The molecular weight excluding hydrogens is 180 g/mol. The van der Waals surface area contributed by atoms with Gasteiger partial charge in [0.1, 0.15) is 11.9 Å². The molecule has 78 valence electrons. The summed E-state index contributed by atoms with van der Waals surface area (Å²) in [5.41, 5.74) is 0. The Hall–Kier alpha value is -0.940. The molecule has 1 fully saturated rings. The van der Waals surface area contributed by atoms with Crippen LogP contribution in [0.15, 0.2) is 0 Å². The maximum Gasteiger partial charge on any atom is 0.180 e. The maximum atomic E-state index is 5.55. The Kier molecular flexibility index (Phi) is 3.10. The minimum atomic E-state index is 0.0191. The number of hydrogen-bond donors (Lipinski definition) is 2. The smallest absolute Gasteiger partial charge is 0.180 e. The summed E-state index contributed by atoms with van der Waals surface area (Å²) in [4.78, 5) is 4.39. The van der Waals surface area contributed by atoms with Gasteiger partial charge in [0.25, 0.3) is 0 Å². The summed E-state index contributed by atoms with van der Waals surface area (Å²) in [6, 6.07) is 0. The zero-order valence-corrected chi connectivity index (χ0v) is 8.42. The highest BCUT2D eigenvalue weighted by molar-refractivity contribution is 4.96. The normalized spacial score (nSPS) is 22.5. The van der Waals surface area contributed by atoms with E-state index in [0.717, 1.165) is 44.2 Å². The second-order valence-electron chi connectivity index (χ2n) is 3.45. The summed E-state index contributed by atoms with van der Waals surface area (Å²) < 4.78 is 5.55. The molecule has 1 aromatic heterocycles. The molecule has 0 amide bonds. The molecule has 0 unspecified atom stereocenters. The van der Waals surface area contributed by atoms with Crippen LogP contribution < -0.4 is 5.32 Å². The minimum Gasteiger partial charge on any atom is -0.367 e. The third kappa shape index (κ3) is 2.10. The van der Waals surface area contributed by atoms with Crippen molar-refractivity contribution < 1.29 is 4.74 Å². The highest BCUT2D eigenvalue weighted by Crippen LogP contribution is 2.14. The van der Waals surface area contributed by atoms with Crippen molar-refractivity contribution in [2.75, 3.05) is 19.7 Å². The molecule has 2 N–H and O–H groups in total. The average Bonchev–Trinajstić information content (AvgIpc) is 2.68. The van der Waals surface area contributed by atoms with Gasteiger partial charge in [-0.05, 0) is 6.42 Å². The fraction of sp³-hybridized carbons (Fsp3) is 0.778. The number of aromatic nitrogens is 3. The van der Waals surface area contributed by atoms with Crippen molar-refractivity contribution in [3.8, 4) is 0 Å². The lowest BCUT2D eigenvalue weighted by Gasteiger charge is -2.20. The molecule has 1 atom stereocenters. The fourth-order valence-electron chi connectivity index (χ4n) is 1.53. The molecular formula is C9H16N4O. The molecule has 1 aliphatic heterocycles. The average molecular weight is 196 g/mol. The van der Waals surface area contributed by atoms with Crippen LogP contribution >= 0.6 is 0 Å². The van der Waals surface area contributed by atoms with E-state index < -0.39 is 0 Å². The predicted molar refractivity (Wildman–Crippen MR) is 51.9 cm³/mol. The lowest BCUT2D eigenvalue weighted by molar-refractivity contribution is 0.0223. The van der Waals surface area contributed by atoms with Gasteiger partial charge in [0.2, 0.25) is 0 Å². The number of nitrogens with one attached hydrogen (secondary N) is 2. The molecule has 0 radical (unpaired) electrons. The lowest BCUT2D eigenvalue weighted by atomic mass is 10.3. The maximum absolute atomic E-state index is 5.55. The van der Waals surface area contributed by atoms with Gasteiger partial charge in [0.05, 0.1) is 6.61 Å². The van der Waals surface area contributed by atoms with Crippen LogP contribution in [0.4, 0.5) is 0 Å². The third-order valence-electron chi connectivity index (χ3n) is 2.25. The number of H-pyrrole nitrogens is 1. The Morgan fingerprint density at radius 2 is 2.50 bits per heavy atom. The second kappa shape index (κ2) is 4.52. The Bertz CT molecular complexity index is 280. The van der Waals surface area contributed by atoms with Crippen molar-refractivity contribution in [1.82, 2.24) is 20.5 Å². The van der Waals surface area contributed by atoms with Gasteiger partial charge in [-0.15, -0.1) is 0 Å². The number of ether oxygens (including phenoxy) is 1. The van der Waals surface area contributed by atoms with Crippen LogP contribution in [0, 0.1) is 0 Å². The fourth-order valence-corrected chi connectivity index (χ4v) is 1.53. The van der Waals surface area contributed by atoms with Crippen LogP contribution in [-0.4, -0.2) is 34.9 Å². The quantitative estimate of drug-likeness (QED) is 0.735. The van der Waals surface area contributed by atoms with E-state index in [1.54, 1.807) is 0 Å². The van der Waals surface area contributed by atoms with Crippen molar-refractivity contribution in [2.45, 2.75) is 25.9 Å². The van der Waals surface area contributed by atoms with E-state index in [4.69, 9.17) is 4.74 Å². The van der Waals surface area contributed by atoms with E-state index >= 15 is 0 Å². The van der Waals surface area contributed by atoms with Crippen molar-refractivity contribution in [2.24, 2.45) is 0 Å². The van der Waals surface area contributed by atoms with E-state index in [1.165, 1.54) is 0 Å². The van der Waals surface area contributed by atoms with Crippen LogP contribution in [-0.2, 0) is 11.2 Å². The monoisotopic (exact) mass is 196 g/mol. The summed E-state index contributed by atoms with van der Waals surface area (Å²) >= 11 is 0. The van der Waals surface area contributed by atoms with Crippen LogP contribution in [0.2, 0.25) is 0 Å². The first-order valence-electron chi connectivity index (χ1n) is 5.13. The Labute approximate surface area is 83.3 Å². The van der Waals surface area contributed by atoms with Crippen molar-refractivity contribution in [3.05, 3.63) is 11.6 Å². The molecule has 1 aromatic rings. The lowest BCUT2D eigenvalue weighted by Crippen LogP contribution is -2.33. The molecule has 0 aliphatic carbocycles. The van der Waals surface area contributed by atoms with Crippen molar-refractivity contribution in [3.63, 3.8) is 0 Å². The van der Waals surface area contributed by atoms with E-state index in [-0.39, 0.29) is 6.10 Å². The van der Waals surface area contributed by atoms with Gasteiger partial charge in [-0.1, -0.05) is 6.92 Å². The molecule has 5 nitrogen and oxygen atoms in total. The SMILES string of the molecule is CCCc1nc([C@@H]2CNCCO2)n[nH]1. The number of morpholine rings is 1. The number of rotatable bonds is 3. The molecule has 0 saturated carbocycles. The third-order valence-corrected chi connectivity index (χ3v) is 2.25. The molecule has 0 spiro atoms. The highest BCUT2D eigenvalue weighted by Gasteiger charge is 2.19. The Balaban J connectivity index is 2.00. The topological polar surface area (TPSA) is 62.8 Å². The standard InChI is InChI=1S/C9H16N4O/c1-2-3-8-11-9(13-12-8)7-6-10-4-5-14-7/h7,10H,2-6H2,1H3,(H,11,12,13)/t7-/m0/s1. The molecule has 1 aliphatic rings. The summed E-state index contributed by atoms with van der Waals surface area (Å²) in [6.45, 7) is 4.59. The summed E-state index contributed by atoms with van der Waals surface area (Å²) in [7, 11) is 0. The van der Waals surface area contributed by atoms with Gasteiger partial charge in [0, 0.05) is 19.5 Å². The molecule has 0 bridgehead atoms. The first kappa shape index (κ1) is 9.61. The van der Waals surface area contributed by atoms with Crippen LogP contribution in [0.25, 0.3) is 0 Å². The zero-order valence-electron chi connectivity index (χ0n) is 8.42. The number of aromatic amines is 1. The summed E-state index contributed by atoms with van der Waals surface area (Å²) in [5.74, 6) is 1.73. The number of aryl methyl sites for hydroxylation is 1. The highest BCUT2D eigenvalue weighted by atomic mass is 16.5. The number of hydrogen-bond acceptors (Lipinski definition) is 4.